The summed E-state index contributed by atoms with van der Waals surface area (Å²) >= 11 is 0. The first-order valence-corrected chi connectivity index (χ1v) is 5.11. The molecule has 1 saturated heterocycles. The molecule has 2 aliphatic rings. The van der Waals surface area contributed by atoms with Crippen LogP contribution >= 0.6 is 0 Å². The van der Waals surface area contributed by atoms with Crippen LogP contribution < -0.4 is 5.32 Å². The van der Waals surface area contributed by atoms with E-state index >= 15 is 0 Å². The number of aliphatic hydroxyl groups is 1. The van der Waals surface area contributed by atoms with Crippen molar-refractivity contribution in [1.82, 2.24) is 10.3 Å². The van der Waals surface area contributed by atoms with Crippen LogP contribution in [-0.2, 0) is 5.41 Å². The van der Waals surface area contributed by atoms with E-state index in [1.807, 2.05) is 12.3 Å². The van der Waals surface area contributed by atoms with E-state index in [1.165, 1.54) is 5.56 Å². The number of pyridine rings is 1. The number of rotatable bonds is 2. The van der Waals surface area contributed by atoms with Gasteiger partial charge >= 0.3 is 0 Å². The van der Waals surface area contributed by atoms with Gasteiger partial charge in [-0.3, -0.25) is 4.98 Å². The van der Waals surface area contributed by atoms with Gasteiger partial charge in [0.2, 0.25) is 0 Å². The van der Waals surface area contributed by atoms with Gasteiger partial charge in [-0.2, -0.15) is 0 Å². The second-order valence-electron chi connectivity index (χ2n) is 4.31. The minimum Gasteiger partial charge on any atom is -0.396 e. The number of nitrogens with zero attached hydrogens (tertiary/aromatic N) is 1. The van der Waals surface area contributed by atoms with Crippen molar-refractivity contribution in [3.63, 3.8) is 0 Å². The molecule has 0 radical (unpaired) electrons. The molecule has 2 N–H and O–H groups in total. The maximum Gasteiger partial charge on any atom is 0.0471 e. The molecule has 1 aromatic rings. The number of hydrogen-bond acceptors (Lipinski definition) is 3. The Bertz CT molecular complexity index is 334. The van der Waals surface area contributed by atoms with Crippen LogP contribution in [0.4, 0.5) is 0 Å². The van der Waals surface area contributed by atoms with Crippen molar-refractivity contribution in [2.24, 2.45) is 11.8 Å². The number of aromatic nitrogens is 1. The first kappa shape index (κ1) is 8.38. The number of fused-ring (bicyclic) bond motifs is 1. The lowest BCUT2D eigenvalue weighted by Crippen LogP contribution is -2.24. The summed E-state index contributed by atoms with van der Waals surface area (Å²) < 4.78 is 0. The molecule has 1 saturated carbocycles. The predicted octanol–water partition coefficient (Wildman–Crippen LogP) is 0.161. The van der Waals surface area contributed by atoms with Crippen molar-refractivity contribution >= 4 is 0 Å². The third-order valence-corrected chi connectivity index (χ3v) is 3.88. The lowest BCUT2D eigenvalue weighted by molar-refractivity contribution is 0.253. The molecule has 3 heteroatoms. The smallest absolute Gasteiger partial charge is 0.0471 e. The number of piperidine rings is 1. The van der Waals surface area contributed by atoms with Crippen LogP contribution in [0.25, 0.3) is 0 Å². The molecule has 74 valence electrons. The molecule has 0 spiro atoms. The molecule has 1 aliphatic heterocycles. The van der Waals surface area contributed by atoms with E-state index in [1.54, 1.807) is 6.20 Å². The van der Waals surface area contributed by atoms with E-state index in [4.69, 9.17) is 0 Å². The molecular weight excluding hydrogens is 176 g/mol. The standard InChI is InChI=1S/C11H14N2O/c14-6-10-9-5-13-7-11(9,10)8-2-1-3-12-4-8/h1-4,9-10,13-14H,5-7H2. The van der Waals surface area contributed by atoms with Gasteiger partial charge in [0.25, 0.3) is 0 Å². The molecule has 2 fully saturated rings. The topological polar surface area (TPSA) is 45.1 Å². The molecule has 3 rings (SSSR count). The second-order valence-corrected chi connectivity index (χ2v) is 4.31. The first-order valence-electron chi connectivity index (χ1n) is 5.11. The zero-order valence-electron chi connectivity index (χ0n) is 7.98. The zero-order valence-corrected chi connectivity index (χ0v) is 7.98. The maximum absolute atomic E-state index is 9.29. The summed E-state index contributed by atoms with van der Waals surface area (Å²) in [6.07, 6.45) is 3.74. The molecule has 3 nitrogen and oxygen atoms in total. The Kier molecular flexibility index (Phi) is 1.66. The molecule has 0 amide bonds. The third-order valence-electron chi connectivity index (χ3n) is 3.88. The minimum atomic E-state index is 0.197. The second kappa shape index (κ2) is 2.78. The molecule has 3 unspecified atom stereocenters. The average Bonchev–Trinajstić information content (AvgIpc) is 2.67. The van der Waals surface area contributed by atoms with Crippen molar-refractivity contribution in [2.45, 2.75) is 5.41 Å². The van der Waals surface area contributed by atoms with Crippen molar-refractivity contribution in [3.8, 4) is 0 Å². The quantitative estimate of drug-likeness (QED) is 0.698. The lowest BCUT2D eigenvalue weighted by Gasteiger charge is -2.14. The van der Waals surface area contributed by atoms with Crippen LogP contribution in [0.1, 0.15) is 5.56 Å². The lowest BCUT2D eigenvalue weighted by atomic mass is 9.95. The van der Waals surface area contributed by atoms with Gasteiger partial charge in [0.15, 0.2) is 0 Å². The SMILES string of the molecule is OCC1C2CNCC12c1cccnc1. The molecule has 2 heterocycles. The van der Waals surface area contributed by atoms with Crippen molar-refractivity contribution in [2.75, 3.05) is 19.7 Å². The fourth-order valence-electron chi connectivity index (χ4n) is 3.08. The highest BCUT2D eigenvalue weighted by Gasteiger charge is 2.67. The van der Waals surface area contributed by atoms with Gasteiger partial charge in [0.05, 0.1) is 0 Å². The van der Waals surface area contributed by atoms with Crippen molar-refractivity contribution < 1.29 is 5.11 Å². The van der Waals surface area contributed by atoms with E-state index in [2.05, 4.69) is 16.4 Å². The Hall–Kier alpha value is -0.930. The largest absolute Gasteiger partial charge is 0.396 e. The van der Waals surface area contributed by atoms with Gasteiger partial charge in [-0.15, -0.1) is 0 Å². The summed E-state index contributed by atoms with van der Waals surface area (Å²) in [5.74, 6) is 1.07. The number of hydrogen-bond donors (Lipinski definition) is 2. The van der Waals surface area contributed by atoms with Crippen LogP contribution in [0.2, 0.25) is 0 Å². The van der Waals surface area contributed by atoms with Gasteiger partial charge in [0.1, 0.15) is 0 Å². The predicted molar refractivity (Wildman–Crippen MR) is 52.9 cm³/mol. The van der Waals surface area contributed by atoms with Crippen LogP contribution in [0.3, 0.4) is 0 Å². The zero-order chi connectivity index (χ0) is 9.60. The van der Waals surface area contributed by atoms with Gasteiger partial charge < -0.3 is 10.4 Å². The number of aliphatic hydroxyl groups excluding tert-OH is 1. The van der Waals surface area contributed by atoms with E-state index in [0.717, 1.165) is 13.1 Å². The van der Waals surface area contributed by atoms with E-state index in [0.29, 0.717) is 18.4 Å². The Morgan fingerprint density at radius 2 is 2.57 bits per heavy atom. The first-order chi connectivity index (χ1) is 6.89. The Morgan fingerprint density at radius 1 is 1.64 bits per heavy atom. The third kappa shape index (κ3) is 0.863. The number of nitrogens with one attached hydrogen (secondary N) is 1. The van der Waals surface area contributed by atoms with Gasteiger partial charge in [-0.25, -0.2) is 0 Å². The van der Waals surface area contributed by atoms with E-state index in [9.17, 15) is 5.11 Å². The summed E-state index contributed by atoms with van der Waals surface area (Å²) in [6.45, 7) is 2.34. The molecule has 1 aromatic heterocycles. The molecular formula is C11H14N2O. The minimum absolute atomic E-state index is 0.197. The van der Waals surface area contributed by atoms with Gasteiger partial charge in [-0.05, 0) is 30.0 Å². The average molecular weight is 190 g/mol. The summed E-state index contributed by atoms with van der Waals surface area (Å²) in [7, 11) is 0. The molecule has 1 aliphatic carbocycles. The van der Waals surface area contributed by atoms with Crippen LogP contribution in [0, 0.1) is 11.8 Å². The Morgan fingerprint density at radius 3 is 3.21 bits per heavy atom. The van der Waals surface area contributed by atoms with Crippen LogP contribution in [0.5, 0.6) is 0 Å². The molecule has 3 atom stereocenters. The summed E-state index contributed by atoms with van der Waals surface area (Å²) in [4.78, 5) is 4.16. The van der Waals surface area contributed by atoms with E-state index < -0.39 is 0 Å². The summed E-state index contributed by atoms with van der Waals surface area (Å²) in [5, 5.41) is 12.7. The fourth-order valence-corrected chi connectivity index (χ4v) is 3.08. The van der Waals surface area contributed by atoms with Crippen molar-refractivity contribution in [3.05, 3.63) is 30.1 Å². The van der Waals surface area contributed by atoms with E-state index in [-0.39, 0.29) is 5.41 Å². The summed E-state index contributed by atoms with van der Waals surface area (Å²) in [5.41, 5.74) is 1.48. The molecule has 0 aromatic carbocycles. The highest BCUT2D eigenvalue weighted by molar-refractivity contribution is 5.38. The molecule has 14 heavy (non-hydrogen) atoms. The Balaban J connectivity index is 1.98. The van der Waals surface area contributed by atoms with Gasteiger partial charge in [-0.1, -0.05) is 6.07 Å². The highest BCUT2D eigenvalue weighted by Crippen LogP contribution is 2.61. The van der Waals surface area contributed by atoms with Crippen LogP contribution in [-0.4, -0.2) is 29.8 Å². The van der Waals surface area contributed by atoms with Crippen LogP contribution in [0.15, 0.2) is 24.5 Å². The monoisotopic (exact) mass is 190 g/mol. The van der Waals surface area contributed by atoms with Crippen molar-refractivity contribution in [1.29, 1.82) is 0 Å². The fraction of sp³-hybridized carbons (Fsp3) is 0.545. The van der Waals surface area contributed by atoms with Gasteiger partial charge in [0, 0.05) is 31.0 Å². The normalized spacial score (nSPS) is 39.5. The molecule has 0 bridgehead atoms. The highest BCUT2D eigenvalue weighted by atomic mass is 16.3. The maximum atomic E-state index is 9.29. The summed E-state index contributed by atoms with van der Waals surface area (Å²) in [6, 6.07) is 4.11. The Labute approximate surface area is 83.2 Å².